The molecule has 0 saturated carbocycles. The molecule has 0 aliphatic carbocycles. The third-order valence-corrected chi connectivity index (χ3v) is 6.40. The van der Waals surface area contributed by atoms with E-state index >= 15 is 0 Å². The van der Waals surface area contributed by atoms with E-state index < -0.39 is 5.97 Å². The lowest BCUT2D eigenvalue weighted by molar-refractivity contribution is -0.137. The van der Waals surface area contributed by atoms with Crippen LogP contribution in [0.2, 0.25) is 0 Å². The van der Waals surface area contributed by atoms with Crippen LogP contribution in [0.4, 0.5) is 0 Å². The standard InChI is InChI=1S/C29H56O2/c1-2-3-4-5-6-7-8-9-10-11-12-13-14-15-16-17-18-19-20-21-22-23-24-25-26-27-28-29(30)31/h8-9H,2-7,10-28H2,1H3,(H,30,31)/b9-8-. The first kappa shape index (κ1) is 30.2. The van der Waals surface area contributed by atoms with Gasteiger partial charge in [-0.1, -0.05) is 141 Å². The molecule has 0 rings (SSSR count). The number of hydrogen-bond acceptors (Lipinski definition) is 1. The third-order valence-electron chi connectivity index (χ3n) is 6.40. The zero-order valence-electron chi connectivity index (χ0n) is 21.2. The van der Waals surface area contributed by atoms with E-state index in [0.29, 0.717) is 6.42 Å². The van der Waals surface area contributed by atoms with Crippen LogP contribution in [-0.2, 0) is 4.79 Å². The van der Waals surface area contributed by atoms with E-state index in [4.69, 9.17) is 5.11 Å². The molecular formula is C29H56O2. The van der Waals surface area contributed by atoms with Gasteiger partial charge in [-0.3, -0.25) is 4.79 Å². The highest BCUT2D eigenvalue weighted by atomic mass is 16.4. The average Bonchev–Trinajstić information content (AvgIpc) is 2.76. The molecule has 0 radical (unpaired) electrons. The minimum Gasteiger partial charge on any atom is -0.481 e. The van der Waals surface area contributed by atoms with Gasteiger partial charge < -0.3 is 5.11 Å². The molecule has 0 bridgehead atoms. The molecule has 0 aromatic heterocycles. The van der Waals surface area contributed by atoms with Gasteiger partial charge in [-0.2, -0.15) is 0 Å². The fraction of sp³-hybridized carbons (Fsp3) is 0.897. The van der Waals surface area contributed by atoms with Crippen molar-refractivity contribution in [2.45, 2.75) is 167 Å². The minimum absolute atomic E-state index is 0.344. The molecule has 0 saturated heterocycles. The topological polar surface area (TPSA) is 37.3 Å². The summed E-state index contributed by atoms with van der Waals surface area (Å²) in [6.45, 7) is 2.28. The number of aliphatic carboxylic acids is 1. The Bertz CT molecular complexity index is 375. The van der Waals surface area contributed by atoms with Gasteiger partial charge in [0.15, 0.2) is 0 Å². The van der Waals surface area contributed by atoms with Crippen LogP contribution < -0.4 is 0 Å². The normalized spacial score (nSPS) is 11.5. The molecule has 31 heavy (non-hydrogen) atoms. The number of carboxylic acids is 1. The molecule has 0 aromatic rings. The summed E-state index contributed by atoms with van der Waals surface area (Å²) in [7, 11) is 0. The SMILES string of the molecule is CCCCCCC/C=C\CCCCCCCCCCCCCCCCCCCC(=O)O. The van der Waals surface area contributed by atoms with Crippen molar-refractivity contribution < 1.29 is 9.90 Å². The summed E-state index contributed by atoms with van der Waals surface area (Å²) >= 11 is 0. The Morgan fingerprint density at radius 2 is 0.774 bits per heavy atom. The highest BCUT2D eigenvalue weighted by Gasteiger charge is 1.97. The van der Waals surface area contributed by atoms with Crippen molar-refractivity contribution in [2.24, 2.45) is 0 Å². The number of carbonyl (C=O) groups is 1. The second kappa shape index (κ2) is 27.2. The molecule has 0 aliphatic rings. The lowest BCUT2D eigenvalue weighted by Gasteiger charge is -2.03. The van der Waals surface area contributed by atoms with Crippen molar-refractivity contribution in [2.75, 3.05) is 0 Å². The number of hydrogen-bond donors (Lipinski definition) is 1. The van der Waals surface area contributed by atoms with E-state index in [9.17, 15) is 4.79 Å². The van der Waals surface area contributed by atoms with Crippen LogP contribution in [0, 0.1) is 0 Å². The predicted octanol–water partition coefficient (Wildman–Crippen LogP) is 10.4. The zero-order chi connectivity index (χ0) is 22.7. The van der Waals surface area contributed by atoms with Gasteiger partial charge >= 0.3 is 5.97 Å². The monoisotopic (exact) mass is 436 g/mol. The van der Waals surface area contributed by atoms with Crippen LogP contribution in [0.3, 0.4) is 0 Å². The summed E-state index contributed by atoms with van der Waals surface area (Å²) in [6, 6.07) is 0. The van der Waals surface area contributed by atoms with Crippen LogP contribution in [0.1, 0.15) is 167 Å². The molecule has 184 valence electrons. The molecule has 0 heterocycles. The highest BCUT2D eigenvalue weighted by Crippen LogP contribution is 2.15. The van der Waals surface area contributed by atoms with Crippen molar-refractivity contribution in [1.82, 2.24) is 0 Å². The van der Waals surface area contributed by atoms with Crippen LogP contribution in [0.15, 0.2) is 12.2 Å². The lowest BCUT2D eigenvalue weighted by Crippen LogP contribution is -1.93. The summed E-state index contributed by atoms with van der Waals surface area (Å²) in [4.78, 5) is 10.4. The number of carboxylic acid groups (broad SMARTS) is 1. The molecule has 0 aliphatic heterocycles. The van der Waals surface area contributed by atoms with Crippen LogP contribution >= 0.6 is 0 Å². The smallest absolute Gasteiger partial charge is 0.303 e. The Hall–Kier alpha value is -0.790. The Balaban J connectivity index is 3.05. The van der Waals surface area contributed by atoms with Gasteiger partial charge in [0, 0.05) is 6.42 Å². The molecule has 1 N–H and O–H groups in total. The quantitative estimate of drug-likeness (QED) is 0.108. The number of unbranched alkanes of at least 4 members (excludes halogenated alkanes) is 22. The van der Waals surface area contributed by atoms with Crippen LogP contribution in [0.5, 0.6) is 0 Å². The molecular weight excluding hydrogens is 380 g/mol. The average molecular weight is 437 g/mol. The van der Waals surface area contributed by atoms with Gasteiger partial charge in [0.25, 0.3) is 0 Å². The molecule has 0 spiro atoms. The van der Waals surface area contributed by atoms with Crippen LogP contribution in [0.25, 0.3) is 0 Å². The lowest BCUT2D eigenvalue weighted by atomic mass is 10.0. The molecule has 2 nitrogen and oxygen atoms in total. The summed E-state index contributed by atoms with van der Waals surface area (Å²) in [6.07, 6.45) is 37.5. The predicted molar refractivity (Wildman–Crippen MR) is 138 cm³/mol. The van der Waals surface area contributed by atoms with Gasteiger partial charge in [0.2, 0.25) is 0 Å². The fourth-order valence-corrected chi connectivity index (χ4v) is 4.29. The second-order valence-corrected chi connectivity index (χ2v) is 9.62. The van der Waals surface area contributed by atoms with Crippen molar-refractivity contribution in [3.05, 3.63) is 12.2 Å². The Kier molecular flexibility index (Phi) is 26.5. The molecule has 2 heteroatoms. The molecule has 0 amide bonds. The zero-order valence-corrected chi connectivity index (χ0v) is 21.2. The van der Waals surface area contributed by atoms with Crippen molar-refractivity contribution >= 4 is 5.97 Å². The molecule has 0 fully saturated rings. The Labute approximate surface area is 195 Å². The summed E-state index contributed by atoms with van der Waals surface area (Å²) in [5.74, 6) is -0.651. The van der Waals surface area contributed by atoms with Gasteiger partial charge in [-0.15, -0.1) is 0 Å². The third kappa shape index (κ3) is 29.2. The summed E-state index contributed by atoms with van der Waals surface area (Å²) in [5, 5.41) is 8.60. The molecule has 0 aromatic carbocycles. The van der Waals surface area contributed by atoms with E-state index in [1.54, 1.807) is 0 Å². The summed E-state index contributed by atoms with van der Waals surface area (Å²) < 4.78 is 0. The maximum absolute atomic E-state index is 10.4. The van der Waals surface area contributed by atoms with Crippen molar-refractivity contribution in [3.8, 4) is 0 Å². The van der Waals surface area contributed by atoms with Crippen molar-refractivity contribution in [1.29, 1.82) is 0 Å². The largest absolute Gasteiger partial charge is 0.481 e. The van der Waals surface area contributed by atoms with Gasteiger partial charge in [0.05, 0.1) is 0 Å². The van der Waals surface area contributed by atoms with Crippen molar-refractivity contribution in [3.63, 3.8) is 0 Å². The summed E-state index contributed by atoms with van der Waals surface area (Å²) in [5.41, 5.74) is 0. The van der Waals surface area contributed by atoms with E-state index in [1.807, 2.05) is 0 Å². The first-order valence-electron chi connectivity index (χ1n) is 14.1. The maximum atomic E-state index is 10.4. The molecule has 0 atom stereocenters. The van der Waals surface area contributed by atoms with Crippen LogP contribution in [-0.4, -0.2) is 11.1 Å². The van der Waals surface area contributed by atoms with Gasteiger partial charge in [-0.25, -0.2) is 0 Å². The Morgan fingerprint density at radius 1 is 0.484 bits per heavy atom. The maximum Gasteiger partial charge on any atom is 0.303 e. The van der Waals surface area contributed by atoms with E-state index in [0.717, 1.165) is 12.8 Å². The number of allylic oxidation sites excluding steroid dienone is 2. The second-order valence-electron chi connectivity index (χ2n) is 9.62. The van der Waals surface area contributed by atoms with E-state index in [1.165, 1.54) is 141 Å². The first-order chi connectivity index (χ1) is 15.3. The highest BCUT2D eigenvalue weighted by molar-refractivity contribution is 5.66. The number of rotatable bonds is 26. The van der Waals surface area contributed by atoms with Gasteiger partial charge in [-0.05, 0) is 32.1 Å². The first-order valence-corrected chi connectivity index (χ1v) is 14.1. The fourth-order valence-electron chi connectivity index (χ4n) is 4.29. The minimum atomic E-state index is -0.651. The van der Waals surface area contributed by atoms with E-state index in [-0.39, 0.29) is 0 Å². The molecule has 0 unspecified atom stereocenters. The Morgan fingerprint density at radius 3 is 1.10 bits per heavy atom. The van der Waals surface area contributed by atoms with Gasteiger partial charge in [0.1, 0.15) is 0 Å². The van der Waals surface area contributed by atoms with E-state index in [2.05, 4.69) is 19.1 Å².